The molecular weight excluding hydrogens is 271 g/mol. The Hall–Kier alpha value is -2.69. The van der Waals surface area contributed by atoms with Crippen molar-refractivity contribution in [1.29, 1.82) is 0 Å². The number of halogens is 1. The van der Waals surface area contributed by atoms with E-state index in [1.165, 1.54) is 18.2 Å². The summed E-state index contributed by atoms with van der Waals surface area (Å²) in [6.07, 6.45) is 0. The van der Waals surface area contributed by atoms with Gasteiger partial charge in [0.25, 0.3) is 0 Å². The summed E-state index contributed by atoms with van der Waals surface area (Å²) in [5.74, 6) is -2.08. The van der Waals surface area contributed by atoms with Crippen LogP contribution in [0, 0.1) is 5.82 Å². The number of amides is 2. The molecule has 0 aromatic heterocycles. The molecular formula is C16H15FN2O2. The second-order valence-electron chi connectivity index (χ2n) is 4.57. The van der Waals surface area contributed by atoms with E-state index in [9.17, 15) is 14.0 Å². The Morgan fingerprint density at radius 2 is 1.71 bits per heavy atom. The first-order chi connectivity index (χ1) is 10.1. The fraction of sp³-hybridized carbons (Fsp3) is 0.125. The fourth-order valence-electron chi connectivity index (χ4n) is 1.84. The van der Waals surface area contributed by atoms with Crippen molar-refractivity contribution in [2.24, 2.45) is 0 Å². The Balaban J connectivity index is 1.95. The molecule has 21 heavy (non-hydrogen) atoms. The van der Waals surface area contributed by atoms with Crippen molar-refractivity contribution < 1.29 is 14.0 Å². The van der Waals surface area contributed by atoms with Crippen molar-refractivity contribution in [3.05, 3.63) is 66.0 Å². The molecule has 0 bridgehead atoms. The van der Waals surface area contributed by atoms with Gasteiger partial charge in [0.05, 0.1) is 6.04 Å². The molecule has 0 heterocycles. The standard InChI is InChI=1S/C16H15FN2O2/c1-11(12-6-3-2-4-7-12)18-15(20)16(21)19-14-9-5-8-13(17)10-14/h2-11H,1H3,(H,18,20)(H,19,21)/t11-/m1/s1. The Morgan fingerprint density at radius 3 is 2.38 bits per heavy atom. The average molecular weight is 286 g/mol. The molecule has 0 aliphatic rings. The van der Waals surface area contributed by atoms with E-state index in [-0.39, 0.29) is 11.7 Å². The first-order valence-corrected chi connectivity index (χ1v) is 6.48. The maximum absolute atomic E-state index is 13.0. The molecule has 2 amide bonds. The molecule has 5 heteroatoms. The van der Waals surface area contributed by atoms with Crippen molar-refractivity contribution in [3.8, 4) is 0 Å². The van der Waals surface area contributed by atoms with Gasteiger partial charge < -0.3 is 10.6 Å². The first kappa shape index (κ1) is 14.7. The van der Waals surface area contributed by atoms with E-state index in [2.05, 4.69) is 10.6 Å². The van der Waals surface area contributed by atoms with Gasteiger partial charge in [0.1, 0.15) is 5.82 Å². The van der Waals surface area contributed by atoms with Crippen molar-refractivity contribution >= 4 is 17.5 Å². The minimum absolute atomic E-state index is 0.238. The average Bonchev–Trinajstić information content (AvgIpc) is 2.48. The van der Waals surface area contributed by atoms with Gasteiger partial charge >= 0.3 is 11.8 Å². The number of carbonyl (C=O) groups excluding carboxylic acids is 2. The molecule has 2 N–H and O–H groups in total. The molecule has 2 rings (SSSR count). The number of nitrogens with one attached hydrogen (secondary N) is 2. The van der Waals surface area contributed by atoms with Crippen LogP contribution in [0.15, 0.2) is 54.6 Å². The van der Waals surface area contributed by atoms with Crippen LogP contribution in [-0.2, 0) is 9.59 Å². The highest BCUT2D eigenvalue weighted by Gasteiger charge is 2.17. The third-order valence-corrected chi connectivity index (χ3v) is 2.94. The number of anilines is 1. The predicted octanol–water partition coefficient (Wildman–Crippen LogP) is 2.64. The van der Waals surface area contributed by atoms with Gasteiger partial charge in [-0.3, -0.25) is 9.59 Å². The molecule has 4 nitrogen and oxygen atoms in total. The molecule has 0 unspecified atom stereocenters. The van der Waals surface area contributed by atoms with Crippen LogP contribution in [0.5, 0.6) is 0 Å². The summed E-state index contributed by atoms with van der Waals surface area (Å²) in [5.41, 5.74) is 1.13. The molecule has 0 saturated heterocycles. The lowest BCUT2D eigenvalue weighted by atomic mass is 10.1. The highest BCUT2D eigenvalue weighted by Crippen LogP contribution is 2.12. The summed E-state index contributed by atoms with van der Waals surface area (Å²) in [4.78, 5) is 23.5. The maximum atomic E-state index is 13.0. The quantitative estimate of drug-likeness (QED) is 0.852. The van der Waals surface area contributed by atoms with Gasteiger partial charge in [-0.2, -0.15) is 0 Å². The Bertz CT molecular complexity index is 644. The number of benzene rings is 2. The summed E-state index contributed by atoms with van der Waals surface area (Å²) < 4.78 is 13.0. The monoisotopic (exact) mass is 286 g/mol. The lowest BCUT2D eigenvalue weighted by Crippen LogP contribution is -2.36. The third kappa shape index (κ3) is 4.14. The van der Waals surface area contributed by atoms with Crippen LogP contribution in [0.4, 0.5) is 10.1 Å². The number of carbonyl (C=O) groups is 2. The third-order valence-electron chi connectivity index (χ3n) is 2.94. The van der Waals surface area contributed by atoms with E-state index in [0.717, 1.165) is 11.6 Å². The van der Waals surface area contributed by atoms with Crippen LogP contribution in [0.2, 0.25) is 0 Å². The van der Waals surface area contributed by atoms with Crippen molar-refractivity contribution in [3.63, 3.8) is 0 Å². The predicted molar refractivity (Wildman–Crippen MR) is 78.0 cm³/mol. The zero-order valence-electron chi connectivity index (χ0n) is 11.5. The summed E-state index contributed by atoms with van der Waals surface area (Å²) in [5, 5.41) is 4.93. The Kier molecular flexibility index (Phi) is 4.66. The molecule has 2 aromatic carbocycles. The topological polar surface area (TPSA) is 58.2 Å². The molecule has 0 saturated carbocycles. The van der Waals surface area contributed by atoms with Crippen LogP contribution in [0.25, 0.3) is 0 Å². The summed E-state index contributed by atoms with van der Waals surface area (Å²) >= 11 is 0. The lowest BCUT2D eigenvalue weighted by molar-refractivity contribution is -0.136. The molecule has 2 aromatic rings. The molecule has 0 spiro atoms. The highest BCUT2D eigenvalue weighted by molar-refractivity contribution is 6.39. The maximum Gasteiger partial charge on any atom is 0.313 e. The summed E-state index contributed by atoms with van der Waals surface area (Å²) in [6, 6.07) is 14.4. The molecule has 0 fully saturated rings. The van der Waals surface area contributed by atoms with E-state index >= 15 is 0 Å². The second kappa shape index (κ2) is 6.65. The van der Waals surface area contributed by atoms with Crippen molar-refractivity contribution in [1.82, 2.24) is 5.32 Å². The minimum Gasteiger partial charge on any atom is -0.341 e. The van der Waals surface area contributed by atoms with Crippen LogP contribution >= 0.6 is 0 Å². The number of hydrogen-bond donors (Lipinski definition) is 2. The van der Waals surface area contributed by atoms with Crippen LogP contribution < -0.4 is 10.6 Å². The van der Waals surface area contributed by atoms with Gasteiger partial charge in [-0.15, -0.1) is 0 Å². The smallest absolute Gasteiger partial charge is 0.313 e. The SMILES string of the molecule is C[C@@H](NC(=O)C(=O)Nc1cccc(F)c1)c1ccccc1. The first-order valence-electron chi connectivity index (χ1n) is 6.48. The fourth-order valence-corrected chi connectivity index (χ4v) is 1.84. The van der Waals surface area contributed by atoms with Gasteiger partial charge in [0.15, 0.2) is 0 Å². The summed E-state index contributed by atoms with van der Waals surface area (Å²) in [6.45, 7) is 1.78. The largest absolute Gasteiger partial charge is 0.341 e. The second-order valence-corrected chi connectivity index (χ2v) is 4.57. The van der Waals surface area contributed by atoms with Gasteiger partial charge in [0.2, 0.25) is 0 Å². The molecule has 0 aliphatic heterocycles. The highest BCUT2D eigenvalue weighted by atomic mass is 19.1. The van der Waals surface area contributed by atoms with E-state index in [0.29, 0.717) is 0 Å². The Morgan fingerprint density at radius 1 is 1.00 bits per heavy atom. The lowest BCUT2D eigenvalue weighted by Gasteiger charge is -2.14. The van der Waals surface area contributed by atoms with Crippen molar-refractivity contribution in [2.75, 3.05) is 5.32 Å². The minimum atomic E-state index is -0.830. The molecule has 0 radical (unpaired) electrons. The van der Waals surface area contributed by atoms with Gasteiger partial charge in [0, 0.05) is 5.69 Å². The normalized spacial score (nSPS) is 11.5. The number of rotatable bonds is 3. The van der Waals surface area contributed by atoms with E-state index in [4.69, 9.17) is 0 Å². The van der Waals surface area contributed by atoms with Gasteiger partial charge in [-0.1, -0.05) is 36.4 Å². The van der Waals surface area contributed by atoms with Crippen LogP contribution in [0.1, 0.15) is 18.5 Å². The zero-order valence-corrected chi connectivity index (χ0v) is 11.5. The number of hydrogen-bond acceptors (Lipinski definition) is 2. The van der Waals surface area contributed by atoms with E-state index < -0.39 is 17.6 Å². The zero-order chi connectivity index (χ0) is 15.2. The van der Waals surface area contributed by atoms with Crippen LogP contribution in [0.3, 0.4) is 0 Å². The molecule has 1 atom stereocenters. The van der Waals surface area contributed by atoms with Gasteiger partial charge in [-0.05, 0) is 30.7 Å². The van der Waals surface area contributed by atoms with E-state index in [1.54, 1.807) is 6.92 Å². The molecule has 0 aliphatic carbocycles. The van der Waals surface area contributed by atoms with Crippen molar-refractivity contribution in [2.45, 2.75) is 13.0 Å². The van der Waals surface area contributed by atoms with Crippen LogP contribution in [-0.4, -0.2) is 11.8 Å². The van der Waals surface area contributed by atoms with Gasteiger partial charge in [-0.25, -0.2) is 4.39 Å². The summed E-state index contributed by atoms with van der Waals surface area (Å²) in [7, 11) is 0. The molecule has 108 valence electrons. The van der Waals surface area contributed by atoms with E-state index in [1.807, 2.05) is 30.3 Å². The Labute approximate surface area is 122 Å².